The zero-order chi connectivity index (χ0) is 21.8. The van der Waals surface area contributed by atoms with Crippen LogP contribution in [0.2, 0.25) is 5.02 Å². The number of rotatable bonds is 7. The molecule has 11 heteroatoms. The summed E-state index contributed by atoms with van der Waals surface area (Å²) in [5.74, 6) is 1.59. The number of benzene rings is 2. The van der Waals surface area contributed by atoms with E-state index in [4.69, 9.17) is 21.1 Å². The third kappa shape index (κ3) is 4.76. The van der Waals surface area contributed by atoms with E-state index in [0.29, 0.717) is 23.1 Å². The first-order valence-electron chi connectivity index (χ1n) is 8.89. The molecule has 2 aromatic carbocycles. The lowest BCUT2D eigenvalue weighted by molar-refractivity contribution is 0.403. The van der Waals surface area contributed by atoms with Crippen LogP contribution >= 0.6 is 11.6 Å². The fraction of sp³-hybridized carbons (Fsp3) is 0.0500. The first-order chi connectivity index (χ1) is 14.9. The molecule has 0 radical (unpaired) electrons. The van der Waals surface area contributed by atoms with Gasteiger partial charge >= 0.3 is 0 Å². The maximum atomic E-state index is 12.8. The molecule has 0 aliphatic rings. The zero-order valence-electron chi connectivity index (χ0n) is 16.1. The molecule has 4 aromatic rings. The third-order valence-electron chi connectivity index (χ3n) is 4.14. The molecule has 0 saturated heterocycles. The van der Waals surface area contributed by atoms with E-state index >= 15 is 0 Å². The van der Waals surface area contributed by atoms with Crippen LogP contribution in [0.25, 0.3) is 5.82 Å². The first-order valence-corrected chi connectivity index (χ1v) is 10.8. The molecule has 9 nitrogen and oxygen atoms in total. The minimum absolute atomic E-state index is 0.0594. The average Bonchev–Trinajstić information content (AvgIpc) is 3.30. The molecule has 0 atom stereocenters. The van der Waals surface area contributed by atoms with Crippen LogP contribution in [0, 0.1) is 0 Å². The Bertz CT molecular complexity index is 1300. The number of hydrogen-bond donors (Lipinski definition) is 1. The van der Waals surface area contributed by atoms with E-state index in [-0.39, 0.29) is 15.7 Å². The van der Waals surface area contributed by atoms with Gasteiger partial charge in [0, 0.05) is 29.2 Å². The highest BCUT2D eigenvalue weighted by atomic mass is 35.5. The predicted molar refractivity (Wildman–Crippen MR) is 114 cm³/mol. The molecule has 1 N–H and O–H groups in total. The van der Waals surface area contributed by atoms with Gasteiger partial charge < -0.3 is 9.47 Å². The molecule has 158 valence electrons. The van der Waals surface area contributed by atoms with E-state index in [0.717, 1.165) is 0 Å². The van der Waals surface area contributed by atoms with Gasteiger partial charge in [0.1, 0.15) is 34.9 Å². The second kappa shape index (κ2) is 8.62. The molecule has 2 aromatic heterocycles. The average molecular weight is 458 g/mol. The van der Waals surface area contributed by atoms with Crippen molar-refractivity contribution in [2.24, 2.45) is 0 Å². The minimum Gasteiger partial charge on any atom is -0.495 e. The van der Waals surface area contributed by atoms with E-state index in [2.05, 4.69) is 19.7 Å². The largest absolute Gasteiger partial charge is 0.495 e. The lowest BCUT2D eigenvalue weighted by Crippen LogP contribution is -2.14. The van der Waals surface area contributed by atoms with Crippen molar-refractivity contribution in [2.45, 2.75) is 4.90 Å². The second-order valence-corrected chi connectivity index (χ2v) is 8.30. The van der Waals surface area contributed by atoms with Crippen molar-refractivity contribution in [3.63, 3.8) is 0 Å². The number of sulfonamides is 1. The number of anilines is 1. The summed E-state index contributed by atoms with van der Waals surface area (Å²) in [5.41, 5.74) is 0.344. The van der Waals surface area contributed by atoms with Crippen molar-refractivity contribution in [1.82, 2.24) is 19.5 Å². The van der Waals surface area contributed by atoms with Crippen molar-refractivity contribution in [1.29, 1.82) is 0 Å². The van der Waals surface area contributed by atoms with E-state index in [1.54, 1.807) is 59.7 Å². The highest BCUT2D eigenvalue weighted by Crippen LogP contribution is 2.29. The van der Waals surface area contributed by atoms with Crippen LogP contribution in [-0.2, 0) is 10.0 Å². The number of ether oxygens (including phenoxy) is 2. The number of aromatic nitrogens is 4. The standard InChI is InChI=1S/C20H16ClN5O4S/c1-29-17-7-2-14(21)10-18(17)31(27,28)25-15-3-5-16(6-4-15)30-20-11-19(23-12-24-20)26-9-8-22-13-26/h2-13,25H,1H3. The minimum atomic E-state index is -3.91. The molecule has 0 fully saturated rings. The van der Waals surface area contributed by atoms with Crippen LogP contribution in [0.4, 0.5) is 5.69 Å². The zero-order valence-corrected chi connectivity index (χ0v) is 17.7. The molecule has 0 aliphatic heterocycles. The van der Waals surface area contributed by atoms with Gasteiger partial charge in [-0.1, -0.05) is 11.6 Å². The number of methoxy groups -OCH3 is 1. The molecular formula is C20H16ClN5O4S. The fourth-order valence-electron chi connectivity index (χ4n) is 2.70. The van der Waals surface area contributed by atoms with Crippen molar-refractivity contribution in [3.05, 3.63) is 78.6 Å². The Morgan fingerprint density at radius 3 is 2.58 bits per heavy atom. The molecule has 2 heterocycles. The van der Waals surface area contributed by atoms with Gasteiger partial charge in [0.2, 0.25) is 5.88 Å². The first kappa shape index (κ1) is 20.6. The fourth-order valence-corrected chi connectivity index (χ4v) is 4.20. The summed E-state index contributed by atoms with van der Waals surface area (Å²) in [6.07, 6.45) is 6.39. The molecule has 0 spiro atoms. The highest BCUT2D eigenvalue weighted by molar-refractivity contribution is 7.92. The summed E-state index contributed by atoms with van der Waals surface area (Å²) in [5, 5.41) is 0.282. The molecule has 4 rings (SSSR count). The Hall–Kier alpha value is -3.63. The maximum absolute atomic E-state index is 12.8. The lowest BCUT2D eigenvalue weighted by atomic mass is 10.3. The summed E-state index contributed by atoms with van der Waals surface area (Å²) >= 11 is 5.94. The van der Waals surface area contributed by atoms with Crippen molar-refractivity contribution in [3.8, 4) is 23.2 Å². The van der Waals surface area contributed by atoms with E-state index in [1.165, 1.54) is 25.6 Å². The van der Waals surface area contributed by atoms with Crippen molar-refractivity contribution >= 4 is 27.3 Å². The van der Waals surface area contributed by atoms with Gasteiger partial charge in [-0.05, 0) is 42.5 Å². The Labute approximate surface area is 183 Å². The summed E-state index contributed by atoms with van der Waals surface area (Å²) in [6, 6.07) is 12.4. The SMILES string of the molecule is COc1ccc(Cl)cc1S(=O)(=O)Nc1ccc(Oc2cc(-n3ccnc3)ncn2)cc1. The van der Waals surface area contributed by atoms with E-state index < -0.39 is 10.0 Å². The molecule has 0 saturated carbocycles. The maximum Gasteiger partial charge on any atom is 0.265 e. The van der Waals surface area contributed by atoms with Crippen LogP contribution in [-0.4, -0.2) is 35.0 Å². The molecule has 0 bridgehead atoms. The molecular weight excluding hydrogens is 442 g/mol. The highest BCUT2D eigenvalue weighted by Gasteiger charge is 2.20. The Balaban J connectivity index is 1.50. The van der Waals surface area contributed by atoms with Gasteiger partial charge in [-0.25, -0.2) is 23.4 Å². The molecule has 0 unspecified atom stereocenters. The normalized spacial score (nSPS) is 11.2. The van der Waals surface area contributed by atoms with Gasteiger partial charge in [0.25, 0.3) is 10.0 Å². The van der Waals surface area contributed by atoms with Crippen molar-refractivity contribution in [2.75, 3.05) is 11.8 Å². The van der Waals surface area contributed by atoms with Crippen LogP contribution in [0.15, 0.2) is 78.5 Å². The monoisotopic (exact) mass is 457 g/mol. The Kier molecular flexibility index (Phi) is 5.74. The van der Waals surface area contributed by atoms with E-state index in [9.17, 15) is 8.42 Å². The van der Waals surface area contributed by atoms with Gasteiger partial charge in [0.05, 0.1) is 7.11 Å². The van der Waals surface area contributed by atoms with Crippen molar-refractivity contribution < 1.29 is 17.9 Å². The number of nitrogens with zero attached hydrogens (tertiary/aromatic N) is 4. The summed E-state index contributed by atoms with van der Waals surface area (Å²) in [4.78, 5) is 12.2. The topological polar surface area (TPSA) is 108 Å². The second-order valence-electron chi connectivity index (χ2n) is 6.21. The van der Waals surface area contributed by atoms with Gasteiger partial charge in [-0.15, -0.1) is 0 Å². The molecule has 31 heavy (non-hydrogen) atoms. The summed E-state index contributed by atoms with van der Waals surface area (Å²) < 4.78 is 40.6. The molecule has 0 aliphatic carbocycles. The van der Waals surface area contributed by atoms with Crippen LogP contribution in [0.5, 0.6) is 17.4 Å². The summed E-state index contributed by atoms with van der Waals surface area (Å²) in [7, 11) is -2.52. The smallest absolute Gasteiger partial charge is 0.265 e. The summed E-state index contributed by atoms with van der Waals surface area (Å²) in [6.45, 7) is 0. The van der Waals surface area contributed by atoms with Crippen LogP contribution < -0.4 is 14.2 Å². The number of nitrogens with one attached hydrogen (secondary N) is 1. The quantitative estimate of drug-likeness (QED) is 0.448. The third-order valence-corrected chi connectivity index (χ3v) is 5.78. The van der Waals surface area contributed by atoms with Gasteiger partial charge in [-0.2, -0.15) is 0 Å². The Morgan fingerprint density at radius 2 is 1.87 bits per heavy atom. The lowest BCUT2D eigenvalue weighted by Gasteiger charge is -2.12. The number of halogens is 1. The van der Waals surface area contributed by atoms with Gasteiger partial charge in [-0.3, -0.25) is 9.29 Å². The van der Waals surface area contributed by atoms with E-state index in [1.807, 2.05) is 0 Å². The Morgan fingerprint density at radius 1 is 1.06 bits per heavy atom. The van der Waals surface area contributed by atoms with Gasteiger partial charge in [0.15, 0.2) is 0 Å². The number of hydrogen-bond acceptors (Lipinski definition) is 7. The molecule has 0 amide bonds. The number of imidazole rings is 1. The van der Waals surface area contributed by atoms with Crippen LogP contribution in [0.1, 0.15) is 0 Å². The van der Waals surface area contributed by atoms with Crippen LogP contribution in [0.3, 0.4) is 0 Å². The predicted octanol–water partition coefficient (Wildman–Crippen LogP) is 3.92.